The van der Waals surface area contributed by atoms with Crippen molar-refractivity contribution in [1.29, 1.82) is 0 Å². The molecule has 2 atom stereocenters. The van der Waals surface area contributed by atoms with E-state index in [0.717, 1.165) is 19.6 Å². The van der Waals surface area contributed by atoms with Gasteiger partial charge in [-0.3, -0.25) is 0 Å². The number of fused-ring (bicyclic) bond motifs is 1. The third-order valence-corrected chi connectivity index (χ3v) is 3.35. The first-order valence-corrected chi connectivity index (χ1v) is 4.85. The van der Waals surface area contributed by atoms with Crippen LogP contribution in [-0.4, -0.2) is 19.0 Å². The van der Waals surface area contributed by atoms with E-state index in [-0.39, 0.29) is 5.79 Å². The summed E-state index contributed by atoms with van der Waals surface area (Å²) in [6.45, 7) is 1.58. The Labute approximate surface area is 72.5 Å². The maximum absolute atomic E-state index is 5.74. The van der Waals surface area contributed by atoms with E-state index in [4.69, 9.17) is 9.47 Å². The van der Waals surface area contributed by atoms with Gasteiger partial charge >= 0.3 is 0 Å². The highest BCUT2D eigenvalue weighted by Gasteiger charge is 2.49. The Morgan fingerprint density at radius 3 is 2.42 bits per heavy atom. The molecule has 0 aromatic rings. The topological polar surface area (TPSA) is 18.5 Å². The van der Waals surface area contributed by atoms with E-state index in [1.807, 2.05) is 0 Å². The molecule has 1 spiro atoms. The lowest BCUT2D eigenvalue weighted by Gasteiger charge is -2.44. The highest BCUT2D eigenvalue weighted by Crippen LogP contribution is 2.47. The summed E-state index contributed by atoms with van der Waals surface area (Å²) >= 11 is 0. The maximum atomic E-state index is 5.74. The standard InChI is InChI=1S/C10H14O2/c1-3-9-4-2-8(1)7-10(9)11-5-6-12-10/h1,3,8-9H,2,4-7H2. The van der Waals surface area contributed by atoms with Crippen LogP contribution in [0.25, 0.3) is 0 Å². The van der Waals surface area contributed by atoms with E-state index in [1.165, 1.54) is 12.8 Å². The van der Waals surface area contributed by atoms with Gasteiger partial charge in [0.1, 0.15) is 0 Å². The van der Waals surface area contributed by atoms with E-state index >= 15 is 0 Å². The van der Waals surface area contributed by atoms with Gasteiger partial charge in [0, 0.05) is 12.3 Å². The van der Waals surface area contributed by atoms with Crippen molar-refractivity contribution in [2.45, 2.75) is 25.0 Å². The average molecular weight is 166 g/mol. The van der Waals surface area contributed by atoms with Crippen LogP contribution in [0.3, 0.4) is 0 Å². The highest BCUT2D eigenvalue weighted by atomic mass is 16.7. The molecule has 2 unspecified atom stereocenters. The summed E-state index contributed by atoms with van der Waals surface area (Å²) in [5.74, 6) is 1.05. The fourth-order valence-corrected chi connectivity index (χ4v) is 2.73. The molecule has 1 aliphatic heterocycles. The summed E-state index contributed by atoms with van der Waals surface area (Å²) in [5, 5.41) is 0. The summed E-state index contributed by atoms with van der Waals surface area (Å²) in [5.41, 5.74) is 0. The minimum Gasteiger partial charge on any atom is -0.347 e. The fraction of sp³-hybridized carbons (Fsp3) is 0.800. The molecule has 2 heteroatoms. The molecular weight excluding hydrogens is 152 g/mol. The van der Waals surface area contributed by atoms with Crippen molar-refractivity contribution in [2.24, 2.45) is 11.8 Å². The van der Waals surface area contributed by atoms with Crippen molar-refractivity contribution in [1.82, 2.24) is 0 Å². The predicted octanol–water partition coefficient (Wildman–Crippen LogP) is 1.72. The molecule has 1 heterocycles. The summed E-state index contributed by atoms with van der Waals surface area (Å²) in [6, 6.07) is 0. The highest BCUT2D eigenvalue weighted by molar-refractivity contribution is 5.11. The largest absolute Gasteiger partial charge is 0.347 e. The smallest absolute Gasteiger partial charge is 0.175 e. The monoisotopic (exact) mass is 166 g/mol. The lowest BCUT2D eigenvalue weighted by Crippen LogP contribution is -2.45. The van der Waals surface area contributed by atoms with Gasteiger partial charge in [-0.2, -0.15) is 0 Å². The second-order valence-corrected chi connectivity index (χ2v) is 4.04. The fourth-order valence-electron chi connectivity index (χ4n) is 2.73. The van der Waals surface area contributed by atoms with Crippen LogP contribution in [0.1, 0.15) is 19.3 Å². The average Bonchev–Trinajstić information content (AvgIpc) is 2.55. The molecular formula is C10H14O2. The molecule has 4 rings (SSSR count). The first kappa shape index (κ1) is 7.10. The molecule has 2 fully saturated rings. The van der Waals surface area contributed by atoms with Crippen molar-refractivity contribution in [3.8, 4) is 0 Å². The van der Waals surface area contributed by atoms with Gasteiger partial charge in [-0.1, -0.05) is 12.2 Å². The third-order valence-electron chi connectivity index (χ3n) is 3.35. The lowest BCUT2D eigenvalue weighted by molar-refractivity contribution is -0.211. The van der Waals surface area contributed by atoms with Gasteiger partial charge in [0.15, 0.2) is 5.79 Å². The SMILES string of the molecule is C1=CC2CCC1CC21OCCO1. The first-order chi connectivity index (χ1) is 5.89. The molecule has 66 valence electrons. The summed E-state index contributed by atoms with van der Waals surface area (Å²) < 4.78 is 11.5. The zero-order chi connectivity index (χ0) is 8.02. The summed E-state index contributed by atoms with van der Waals surface area (Å²) in [4.78, 5) is 0. The van der Waals surface area contributed by atoms with E-state index in [1.54, 1.807) is 0 Å². The van der Waals surface area contributed by atoms with E-state index in [0.29, 0.717) is 11.8 Å². The number of hydrogen-bond acceptors (Lipinski definition) is 2. The molecule has 4 aliphatic rings. The Balaban J connectivity index is 1.93. The van der Waals surface area contributed by atoms with Crippen molar-refractivity contribution < 1.29 is 9.47 Å². The van der Waals surface area contributed by atoms with Gasteiger partial charge in [-0.15, -0.1) is 0 Å². The number of allylic oxidation sites excluding steroid dienone is 1. The minimum atomic E-state index is -0.197. The molecule has 1 saturated carbocycles. The van der Waals surface area contributed by atoms with Crippen LogP contribution in [0.4, 0.5) is 0 Å². The quantitative estimate of drug-likeness (QED) is 0.510. The van der Waals surface area contributed by atoms with Crippen LogP contribution in [0.5, 0.6) is 0 Å². The van der Waals surface area contributed by atoms with Crippen molar-refractivity contribution >= 4 is 0 Å². The zero-order valence-corrected chi connectivity index (χ0v) is 7.16. The second kappa shape index (κ2) is 2.33. The summed E-state index contributed by atoms with van der Waals surface area (Å²) in [7, 11) is 0. The van der Waals surface area contributed by atoms with E-state index in [2.05, 4.69) is 12.2 Å². The Bertz CT molecular complexity index is 216. The Kier molecular flexibility index (Phi) is 1.38. The molecule has 0 radical (unpaired) electrons. The molecule has 0 amide bonds. The maximum Gasteiger partial charge on any atom is 0.175 e. The number of rotatable bonds is 0. The zero-order valence-electron chi connectivity index (χ0n) is 7.16. The Morgan fingerprint density at radius 2 is 1.92 bits per heavy atom. The van der Waals surface area contributed by atoms with Gasteiger partial charge in [0.25, 0.3) is 0 Å². The normalized spacial score (nSPS) is 42.7. The molecule has 3 aliphatic carbocycles. The van der Waals surface area contributed by atoms with Gasteiger partial charge in [0.05, 0.1) is 13.2 Å². The number of ether oxygens (including phenoxy) is 2. The van der Waals surface area contributed by atoms with E-state index in [9.17, 15) is 0 Å². The third kappa shape index (κ3) is 0.824. The van der Waals surface area contributed by atoms with Crippen LogP contribution in [-0.2, 0) is 9.47 Å². The van der Waals surface area contributed by atoms with Crippen molar-refractivity contribution in [3.05, 3.63) is 12.2 Å². The van der Waals surface area contributed by atoms with Gasteiger partial charge in [0.2, 0.25) is 0 Å². The van der Waals surface area contributed by atoms with Crippen molar-refractivity contribution in [2.75, 3.05) is 13.2 Å². The van der Waals surface area contributed by atoms with Crippen LogP contribution in [0, 0.1) is 11.8 Å². The van der Waals surface area contributed by atoms with Crippen LogP contribution in [0.15, 0.2) is 12.2 Å². The van der Waals surface area contributed by atoms with Crippen LogP contribution >= 0.6 is 0 Å². The second-order valence-electron chi connectivity index (χ2n) is 4.04. The molecule has 2 nitrogen and oxygen atoms in total. The predicted molar refractivity (Wildman–Crippen MR) is 44.6 cm³/mol. The molecule has 12 heavy (non-hydrogen) atoms. The van der Waals surface area contributed by atoms with Crippen LogP contribution in [0.2, 0.25) is 0 Å². The molecule has 0 aromatic carbocycles. The lowest BCUT2D eigenvalue weighted by atomic mass is 9.72. The minimum absolute atomic E-state index is 0.197. The van der Waals surface area contributed by atoms with Gasteiger partial charge < -0.3 is 9.47 Å². The molecule has 1 saturated heterocycles. The van der Waals surface area contributed by atoms with Gasteiger partial charge in [-0.25, -0.2) is 0 Å². The van der Waals surface area contributed by atoms with Gasteiger partial charge in [-0.05, 0) is 18.8 Å². The molecule has 2 bridgehead atoms. The van der Waals surface area contributed by atoms with Crippen molar-refractivity contribution in [3.63, 3.8) is 0 Å². The molecule has 0 N–H and O–H groups in total. The number of hydrogen-bond donors (Lipinski definition) is 0. The Morgan fingerprint density at radius 1 is 1.08 bits per heavy atom. The molecule has 0 aromatic heterocycles. The van der Waals surface area contributed by atoms with E-state index < -0.39 is 0 Å². The van der Waals surface area contributed by atoms with Crippen LogP contribution < -0.4 is 0 Å². The first-order valence-electron chi connectivity index (χ1n) is 4.85. The summed E-state index contributed by atoms with van der Waals surface area (Å²) in [6.07, 6.45) is 8.30. The Hall–Kier alpha value is -0.340.